The quantitative estimate of drug-likeness (QED) is 0.760. The predicted octanol–water partition coefficient (Wildman–Crippen LogP) is 0.824. The lowest BCUT2D eigenvalue weighted by Gasteiger charge is -2.31. The van der Waals surface area contributed by atoms with Gasteiger partial charge in [-0.05, 0) is 26.0 Å². The molecule has 1 aromatic heterocycles. The summed E-state index contributed by atoms with van der Waals surface area (Å²) in [5.41, 5.74) is 1.62. The van der Waals surface area contributed by atoms with Gasteiger partial charge in [0.2, 0.25) is 0 Å². The van der Waals surface area contributed by atoms with Crippen LogP contribution in [0.25, 0.3) is 0 Å². The van der Waals surface area contributed by atoms with Crippen molar-refractivity contribution >= 4 is 5.91 Å². The first kappa shape index (κ1) is 11.1. The largest absolute Gasteiger partial charge is 0.336 e. The van der Waals surface area contributed by atoms with Crippen LogP contribution in [0.3, 0.4) is 0 Å². The van der Waals surface area contributed by atoms with E-state index in [1.165, 1.54) is 0 Å². The van der Waals surface area contributed by atoms with E-state index in [9.17, 15) is 4.79 Å². The van der Waals surface area contributed by atoms with Crippen LogP contribution in [-0.4, -0.2) is 41.5 Å². The molecule has 0 radical (unpaired) electrons. The van der Waals surface area contributed by atoms with Gasteiger partial charge in [-0.15, -0.1) is 0 Å². The van der Waals surface area contributed by atoms with Gasteiger partial charge in [0.1, 0.15) is 0 Å². The summed E-state index contributed by atoms with van der Waals surface area (Å²) in [6.07, 6.45) is 1.69. The Balaban J connectivity index is 2.12. The number of aromatic nitrogens is 1. The number of pyridine rings is 1. The van der Waals surface area contributed by atoms with Crippen molar-refractivity contribution in [3.63, 3.8) is 0 Å². The number of nitrogens with one attached hydrogen (secondary N) is 1. The van der Waals surface area contributed by atoms with Gasteiger partial charge in [-0.2, -0.15) is 0 Å². The highest BCUT2D eigenvalue weighted by atomic mass is 16.2. The predicted molar refractivity (Wildman–Crippen MR) is 62.3 cm³/mol. The lowest BCUT2D eigenvalue weighted by Crippen LogP contribution is -2.51. The zero-order chi connectivity index (χ0) is 11.5. The summed E-state index contributed by atoms with van der Waals surface area (Å²) >= 11 is 0. The van der Waals surface area contributed by atoms with Crippen molar-refractivity contribution in [2.24, 2.45) is 0 Å². The molecule has 2 heterocycles. The third kappa shape index (κ3) is 2.39. The average molecular weight is 219 g/mol. The van der Waals surface area contributed by atoms with Crippen LogP contribution in [-0.2, 0) is 0 Å². The van der Waals surface area contributed by atoms with Gasteiger partial charge in [0.15, 0.2) is 0 Å². The Labute approximate surface area is 95.7 Å². The zero-order valence-electron chi connectivity index (χ0n) is 9.73. The van der Waals surface area contributed by atoms with E-state index in [-0.39, 0.29) is 5.91 Å². The van der Waals surface area contributed by atoms with E-state index in [1.54, 1.807) is 12.3 Å². The molecule has 16 heavy (non-hydrogen) atoms. The normalized spacial score (nSPS) is 20.9. The number of rotatable bonds is 1. The van der Waals surface area contributed by atoms with Crippen molar-refractivity contribution in [1.29, 1.82) is 0 Å². The van der Waals surface area contributed by atoms with Gasteiger partial charge in [-0.3, -0.25) is 9.78 Å². The van der Waals surface area contributed by atoms with Gasteiger partial charge in [-0.1, -0.05) is 0 Å². The fourth-order valence-corrected chi connectivity index (χ4v) is 1.98. The van der Waals surface area contributed by atoms with Crippen molar-refractivity contribution in [3.05, 3.63) is 29.6 Å². The fourth-order valence-electron chi connectivity index (χ4n) is 1.98. The molecule has 1 saturated heterocycles. The van der Waals surface area contributed by atoms with E-state index >= 15 is 0 Å². The maximum atomic E-state index is 12.2. The van der Waals surface area contributed by atoms with E-state index in [1.807, 2.05) is 17.9 Å². The molecule has 0 unspecified atom stereocenters. The van der Waals surface area contributed by atoms with Crippen LogP contribution in [0.5, 0.6) is 0 Å². The smallest absolute Gasteiger partial charge is 0.254 e. The second kappa shape index (κ2) is 4.61. The van der Waals surface area contributed by atoms with E-state index < -0.39 is 0 Å². The van der Waals surface area contributed by atoms with Crippen LogP contribution in [0, 0.1) is 6.92 Å². The van der Waals surface area contributed by atoms with Gasteiger partial charge in [0, 0.05) is 43.1 Å². The van der Waals surface area contributed by atoms with Crippen molar-refractivity contribution in [3.8, 4) is 0 Å². The first-order valence-electron chi connectivity index (χ1n) is 5.62. The van der Waals surface area contributed by atoms with Crippen LogP contribution < -0.4 is 5.32 Å². The maximum Gasteiger partial charge on any atom is 0.254 e. The zero-order valence-corrected chi connectivity index (χ0v) is 9.73. The van der Waals surface area contributed by atoms with Gasteiger partial charge in [-0.25, -0.2) is 0 Å². The maximum absolute atomic E-state index is 12.2. The number of carbonyl (C=O) groups is 1. The van der Waals surface area contributed by atoms with Crippen LogP contribution in [0.4, 0.5) is 0 Å². The molecular formula is C12H17N3O. The van der Waals surface area contributed by atoms with Gasteiger partial charge in [0.05, 0.1) is 0 Å². The molecule has 4 nitrogen and oxygen atoms in total. The molecule has 4 heteroatoms. The molecule has 0 bridgehead atoms. The molecule has 0 saturated carbocycles. The average Bonchev–Trinajstić information content (AvgIpc) is 2.28. The summed E-state index contributed by atoms with van der Waals surface area (Å²) < 4.78 is 0. The molecule has 0 aliphatic carbocycles. The van der Waals surface area contributed by atoms with E-state index in [2.05, 4.69) is 17.2 Å². The van der Waals surface area contributed by atoms with Crippen molar-refractivity contribution < 1.29 is 4.79 Å². The first-order chi connectivity index (χ1) is 7.66. The molecule has 2 rings (SSSR count). The molecule has 1 atom stereocenters. The summed E-state index contributed by atoms with van der Waals surface area (Å²) in [5.74, 6) is 0.110. The van der Waals surface area contributed by atoms with E-state index in [0.29, 0.717) is 6.04 Å². The van der Waals surface area contributed by atoms with Gasteiger partial charge < -0.3 is 10.2 Å². The monoisotopic (exact) mass is 219 g/mol. The Kier molecular flexibility index (Phi) is 3.19. The molecular weight excluding hydrogens is 202 g/mol. The molecule has 1 aromatic rings. The summed E-state index contributed by atoms with van der Waals surface area (Å²) in [6.45, 7) is 6.43. The van der Waals surface area contributed by atoms with Gasteiger partial charge >= 0.3 is 0 Å². The van der Waals surface area contributed by atoms with Crippen molar-refractivity contribution in [2.75, 3.05) is 19.6 Å². The summed E-state index contributed by atoms with van der Waals surface area (Å²) in [4.78, 5) is 18.2. The minimum atomic E-state index is 0.110. The Morgan fingerprint density at radius 1 is 1.62 bits per heavy atom. The summed E-state index contributed by atoms with van der Waals surface area (Å²) in [7, 11) is 0. The minimum Gasteiger partial charge on any atom is -0.336 e. The first-order valence-corrected chi connectivity index (χ1v) is 5.62. The van der Waals surface area contributed by atoms with Crippen LogP contribution >= 0.6 is 0 Å². The molecule has 1 aliphatic heterocycles. The number of amides is 1. The highest BCUT2D eigenvalue weighted by Gasteiger charge is 2.21. The Morgan fingerprint density at radius 3 is 3.12 bits per heavy atom. The van der Waals surface area contributed by atoms with Crippen molar-refractivity contribution in [1.82, 2.24) is 15.2 Å². The third-order valence-corrected chi connectivity index (χ3v) is 2.80. The molecule has 0 aromatic carbocycles. The summed E-state index contributed by atoms with van der Waals surface area (Å²) in [5, 5.41) is 3.32. The molecule has 0 spiro atoms. The number of hydrogen-bond acceptors (Lipinski definition) is 3. The Morgan fingerprint density at radius 2 is 2.44 bits per heavy atom. The highest BCUT2D eigenvalue weighted by Crippen LogP contribution is 2.08. The number of nitrogens with zero attached hydrogens (tertiary/aromatic N) is 2. The Hall–Kier alpha value is -1.42. The number of aryl methyl sites for hydroxylation is 1. The molecule has 1 amide bonds. The van der Waals surface area contributed by atoms with Crippen LogP contribution in [0.1, 0.15) is 23.0 Å². The van der Waals surface area contributed by atoms with Crippen molar-refractivity contribution in [2.45, 2.75) is 19.9 Å². The standard InChI is InChI=1S/C12H17N3O/c1-9-7-11(3-4-13-9)12(16)15-6-5-14-10(2)8-15/h3-4,7,10,14H,5-6,8H2,1-2H3/t10-/m1/s1. The van der Waals surface area contributed by atoms with Crippen LogP contribution in [0.2, 0.25) is 0 Å². The second-order valence-electron chi connectivity index (χ2n) is 4.29. The van der Waals surface area contributed by atoms with E-state index in [4.69, 9.17) is 0 Å². The molecule has 86 valence electrons. The van der Waals surface area contributed by atoms with Gasteiger partial charge in [0.25, 0.3) is 5.91 Å². The lowest BCUT2D eigenvalue weighted by molar-refractivity contribution is 0.0709. The molecule has 1 N–H and O–H groups in total. The number of carbonyl (C=O) groups excluding carboxylic acids is 1. The van der Waals surface area contributed by atoms with E-state index in [0.717, 1.165) is 30.9 Å². The molecule has 1 fully saturated rings. The second-order valence-corrected chi connectivity index (χ2v) is 4.29. The topological polar surface area (TPSA) is 45.2 Å². The number of piperazine rings is 1. The summed E-state index contributed by atoms with van der Waals surface area (Å²) in [6, 6.07) is 4.00. The fraction of sp³-hybridized carbons (Fsp3) is 0.500. The van der Waals surface area contributed by atoms with Crippen LogP contribution in [0.15, 0.2) is 18.3 Å². The number of hydrogen-bond donors (Lipinski definition) is 1. The lowest BCUT2D eigenvalue weighted by atomic mass is 10.1. The minimum absolute atomic E-state index is 0.110. The Bertz CT molecular complexity index is 392. The molecule has 1 aliphatic rings. The SMILES string of the molecule is Cc1cc(C(=O)N2CCN[C@H](C)C2)ccn1. The highest BCUT2D eigenvalue weighted by molar-refractivity contribution is 5.94. The third-order valence-electron chi connectivity index (χ3n) is 2.80.